The molecule has 1 aromatic carbocycles. The highest BCUT2D eigenvalue weighted by molar-refractivity contribution is 8.00. The maximum atomic E-state index is 14.4. The minimum atomic E-state index is -0.305. The van der Waals surface area contributed by atoms with Crippen molar-refractivity contribution < 1.29 is 4.39 Å². The Labute approximate surface area is 179 Å². The van der Waals surface area contributed by atoms with E-state index >= 15 is 0 Å². The van der Waals surface area contributed by atoms with Crippen molar-refractivity contribution in [2.45, 2.75) is 34.4 Å². The summed E-state index contributed by atoms with van der Waals surface area (Å²) in [5, 5.41) is 13.2. The second kappa shape index (κ2) is 6.25. The summed E-state index contributed by atoms with van der Waals surface area (Å²) in [5.41, 5.74) is 10.3. The summed E-state index contributed by atoms with van der Waals surface area (Å²) < 4.78 is 15.2. The number of nitrogens with two attached hydrogens (primary N) is 1. The van der Waals surface area contributed by atoms with Gasteiger partial charge in [0.25, 0.3) is 0 Å². The van der Waals surface area contributed by atoms with Crippen LogP contribution in [0.1, 0.15) is 13.3 Å². The van der Waals surface area contributed by atoms with Crippen molar-refractivity contribution in [2.24, 2.45) is 11.7 Å². The first-order valence-electron chi connectivity index (χ1n) is 9.68. The van der Waals surface area contributed by atoms with E-state index in [0.29, 0.717) is 22.4 Å². The minimum Gasteiger partial charge on any atom is -0.386 e. The molecule has 3 atom stereocenters. The number of hydrogen-bond donors (Lipinski definition) is 3. The minimum absolute atomic E-state index is 0.169. The molecular weight excluding hydrogens is 423 g/mol. The van der Waals surface area contributed by atoms with E-state index < -0.39 is 0 Å². The van der Waals surface area contributed by atoms with Gasteiger partial charge >= 0.3 is 0 Å². The third kappa shape index (κ3) is 2.55. The number of anilines is 2. The molecule has 154 valence electrons. The van der Waals surface area contributed by atoms with E-state index in [0.717, 1.165) is 39.4 Å². The molecule has 2 aliphatic rings. The fourth-order valence-corrected chi connectivity index (χ4v) is 5.93. The predicted octanol–water partition coefficient (Wildman–Crippen LogP) is 3.22. The van der Waals surface area contributed by atoms with Crippen LogP contribution >= 0.6 is 23.1 Å². The second-order valence-corrected chi connectivity index (χ2v) is 10.0. The highest BCUT2D eigenvalue weighted by Gasteiger charge is 2.63. The van der Waals surface area contributed by atoms with Gasteiger partial charge in [0.2, 0.25) is 0 Å². The lowest BCUT2D eigenvalue weighted by Gasteiger charge is -2.21. The fourth-order valence-electron chi connectivity index (χ4n) is 4.59. The van der Waals surface area contributed by atoms with Gasteiger partial charge in [0.15, 0.2) is 9.50 Å². The number of nitrogens with zero attached hydrogens (tertiary/aromatic N) is 5. The lowest BCUT2D eigenvalue weighted by Crippen LogP contribution is -2.30. The highest BCUT2D eigenvalue weighted by atomic mass is 32.2. The molecule has 1 saturated heterocycles. The summed E-state index contributed by atoms with van der Waals surface area (Å²) in [6.07, 6.45) is 0.941. The van der Waals surface area contributed by atoms with Gasteiger partial charge < -0.3 is 20.9 Å². The third-order valence-corrected chi connectivity index (χ3v) is 7.96. The first-order valence-corrected chi connectivity index (χ1v) is 11.4. The quantitative estimate of drug-likeness (QED) is 0.414. The number of benzene rings is 1. The van der Waals surface area contributed by atoms with Crippen LogP contribution in [0.25, 0.3) is 21.9 Å². The number of H-pyrrole nitrogens is 1. The zero-order valence-electron chi connectivity index (χ0n) is 16.3. The van der Waals surface area contributed by atoms with Crippen LogP contribution in [0.3, 0.4) is 0 Å². The summed E-state index contributed by atoms with van der Waals surface area (Å²) in [6, 6.07) is 3.26. The standard InChI is InChI=1S/C19H19FN8S2/c1-8-6-28(12-5-19(8,12)21)16-13-10-3-9(20)4-11(22-2)14(10)24-15(13)25-17(26-16)30-18-27-23-7-29-18/h3-4,7-8,12,22H,5-6,21H2,1-2H3,(H,24,25,26)/t8-,12+,19+/m1/s1. The number of fused-ring (bicyclic) bond motifs is 4. The summed E-state index contributed by atoms with van der Waals surface area (Å²) in [4.78, 5) is 15.3. The van der Waals surface area contributed by atoms with Gasteiger partial charge in [0.05, 0.1) is 22.6 Å². The van der Waals surface area contributed by atoms with Crippen molar-refractivity contribution in [3.63, 3.8) is 0 Å². The van der Waals surface area contributed by atoms with E-state index in [1.165, 1.54) is 29.2 Å². The number of aromatic amines is 1. The molecule has 1 aliphatic heterocycles. The van der Waals surface area contributed by atoms with Crippen LogP contribution in [0.2, 0.25) is 0 Å². The van der Waals surface area contributed by atoms with Crippen LogP contribution in [0.4, 0.5) is 15.9 Å². The van der Waals surface area contributed by atoms with Crippen LogP contribution in [-0.4, -0.2) is 50.3 Å². The van der Waals surface area contributed by atoms with Gasteiger partial charge in [0.1, 0.15) is 22.8 Å². The Hall–Kier alpha value is -2.50. The third-order valence-electron chi connectivity index (χ3n) is 6.32. The first kappa shape index (κ1) is 18.3. The number of aromatic nitrogens is 5. The zero-order valence-corrected chi connectivity index (χ0v) is 17.9. The normalized spacial score (nSPS) is 25.3. The van der Waals surface area contributed by atoms with Gasteiger partial charge in [-0.3, -0.25) is 0 Å². The van der Waals surface area contributed by atoms with Gasteiger partial charge in [-0.1, -0.05) is 18.3 Å². The molecule has 1 saturated carbocycles. The van der Waals surface area contributed by atoms with Crippen molar-refractivity contribution in [1.82, 2.24) is 25.1 Å². The van der Waals surface area contributed by atoms with Crippen LogP contribution in [-0.2, 0) is 0 Å². The molecular formula is C19H19FN8S2. The second-order valence-electron chi connectivity index (χ2n) is 8.00. The van der Waals surface area contributed by atoms with E-state index in [2.05, 4.69) is 32.3 Å². The van der Waals surface area contributed by atoms with E-state index in [4.69, 9.17) is 15.7 Å². The molecule has 30 heavy (non-hydrogen) atoms. The maximum absolute atomic E-state index is 14.4. The van der Waals surface area contributed by atoms with Crippen LogP contribution < -0.4 is 16.0 Å². The Morgan fingerprint density at radius 2 is 2.27 bits per heavy atom. The Bertz CT molecular complexity index is 1290. The number of nitrogens with one attached hydrogen (secondary N) is 2. The van der Waals surface area contributed by atoms with E-state index in [1.54, 1.807) is 18.6 Å². The lowest BCUT2D eigenvalue weighted by molar-refractivity contribution is 0.494. The molecule has 11 heteroatoms. The summed E-state index contributed by atoms with van der Waals surface area (Å²) in [5.74, 6) is 0.856. The van der Waals surface area contributed by atoms with E-state index in [-0.39, 0.29) is 17.4 Å². The Morgan fingerprint density at radius 3 is 2.93 bits per heavy atom. The number of halogens is 1. The average Bonchev–Trinajstić information content (AvgIpc) is 3.04. The highest BCUT2D eigenvalue weighted by Crippen LogP contribution is 2.53. The molecule has 8 nitrogen and oxygen atoms in total. The largest absolute Gasteiger partial charge is 0.386 e. The van der Waals surface area contributed by atoms with Crippen molar-refractivity contribution in [1.29, 1.82) is 0 Å². The van der Waals surface area contributed by atoms with Crippen LogP contribution in [0, 0.1) is 11.7 Å². The van der Waals surface area contributed by atoms with E-state index in [1.807, 2.05) is 0 Å². The smallest absolute Gasteiger partial charge is 0.198 e. The molecule has 6 rings (SSSR count). The Kier molecular flexibility index (Phi) is 3.81. The molecule has 4 heterocycles. The molecule has 3 aromatic heterocycles. The molecule has 0 spiro atoms. The van der Waals surface area contributed by atoms with Crippen molar-refractivity contribution >= 4 is 56.5 Å². The maximum Gasteiger partial charge on any atom is 0.198 e. The average molecular weight is 443 g/mol. The fraction of sp³-hybridized carbons (Fsp3) is 0.368. The summed E-state index contributed by atoms with van der Waals surface area (Å²) in [6.45, 7) is 3.00. The molecule has 2 fully saturated rings. The Balaban J connectivity index is 1.60. The molecule has 0 bridgehead atoms. The van der Waals surface area contributed by atoms with E-state index in [9.17, 15) is 4.39 Å². The van der Waals surface area contributed by atoms with Gasteiger partial charge in [-0.15, -0.1) is 10.2 Å². The van der Waals surface area contributed by atoms with Crippen LogP contribution in [0.15, 0.2) is 27.1 Å². The molecule has 0 unspecified atom stereocenters. The topological polar surface area (TPSA) is 109 Å². The van der Waals surface area contributed by atoms with Gasteiger partial charge in [-0.25, -0.2) is 14.4 Å². The monoisotopic (exact) mass is 442 g/mol. The number of hydrogen-bond acceptors (Lipinski definition) is 9. The predicted molar refractivity (Wildman–Crippen MR) is 117 cm³/mol. The summed E-state index contributed by atoms with van der Waals surface area (Å²) >= 11 is 2.82. The van der Waals surface area contributed by atoms with Crippen molar-refractivity contribution in [3.8, 4) is 0 Å². The van der Waals surface area contributed by atoms with Crippen molar-refractivity contribution in [2.75, 3.05) is 23.8 Å². The molecule has 0 radical (unpaired) electrons. The Morgan fingerprint density at radius 1 is 1.40 bits per heavy atom. The summed E-state index contributed by atoms with van der Waals surface area (Å²) in [7, 11) is 1.78. The van der Waals surface area contributed by atoms with Gasteiger partial charge in [-0.2, -0.15) is 0 Å². The SMILES string of the molecule is CNc1cc(F)cc2c1[nH]c1nc(Sc3nncs3)nc(N3C[C@@H](C)[C@@]4(N)C[C@H]34)c12. The lowest BCUT2D eigenvalue weighted by atomic mass is 10.0. The number of piperidine rings is 1. The molecule has 4 N–H and O–H groups in total. The van der Waals surface area contributed by atoms with Gasteiger partial charge in [-0.05, 0) is 36.2 Å². The number of rotatable bonds is 4. The molecule has 4 aromatic rings. The van der Waals surface area contributed by atoms with Crippen LogP contribution in [0.5, 0.6) is 0 Å². The molecule has 0 amide bonds. The van der Waals surface area contributed by atoms with Gasteiger partial charge in [0, 0.05) is 24.5 Å². The molecule has 1 aliphatic carbocycles. The first-order chi connectivity index (χ1) is 14.5. The zero-order chi connectivity index (χ0) is 20.6. The van der Waals surface area contributed by atoms with Crippen molar-refractivity contribution in [3.05, 3.63) is 23.5 Å².